The molecule has 0 spiro atoms. The van der Waals surface area contributed by atoms with E-state index in [0.717, 1.165) is 5.69 Å². The van der Waals surface area contributed by atoms with Crippen molar-refractivity contribution in [1.82, 2.24) is 9.55 Å². The zero-order valence-corrected chi connectivity index (χ0v) is 9.06. The highest BCUT2D eigenvalue weighted by molar-refractivity contribution is 5.01. The second-order valence-electron chi connectivity index (χ2n) is 3.27. The minimum Gasteiger partial charge on any atom is -0.394 e. The van der Waals surface area contributed by atoms with E-state index in [2.05, 4.69) is 4.98 Å². The second kappa shape index (κ2) is 5.63. The fraction of sp³-hybridized carbons (Fsp3) is 0.600. The van der Waals surface area contributed by atoms with Crippen LogP contribution in [0.5, 0.6) is 0 Å². The van der Waals surface area contributed by atoms with Crippen LogP contribution in [0, 0.1) is 13.8 Å². The molecule has 1 rings (SSSR count). The van der Waals surface area contributed by atoms with Crippen LogP contribution in [0.15, 0.2) is 10.9 Å². The first-order valence-corrected chi connectivity index (χ1v) is 4.89. The standard InChI is InChI=1S/C10H16N2O3/c1-8-7-10(14)12(9(2)11-8)3-5-15-6-4-13/h7,13H,3-6H2,1-2H3. The lowest BCUT2D eigenvalue weighted by Crippen LogP contribution is -2.25. The van der Waals surface area contributed by atoms with Crippen molar-refractivity contribution in [2.75, 3.05) is 19.8 Å². The second-order valence-corrected chi connectivity index (χ2v) is 3.27. The molecular weight excluding hydrogens is 196 g/mol. The minimum atomic E-state index is -0.0624. The van der Waals surface area contributed by atoms with Crippen LogP contribution in [-0.2, 0) is 11.3 Å². The van der Waals surface area contributed by atoms with Gasteiger partial charge < -0.3 is 9.84 Å². The van der Waals surface area contributed by atoms with Crippen LogP contribution in [0.25, 0.3) is 0 Å². The SMILES string of the molecule is Cc1cc(=O)n(CCOCCO)c(C)n1. The van der Waals surface area contributed by atoms with Crippen molar-refractivity contribution in [2.45, 2.75) is 20.4 Å². The van der Waals surface area contributed by atoms with E-state index in [1.165, 1.54) is 6.07 Å². The van der Waals surface area contributed by atoms with E-state index in [-0.39, 0.29) is 12.2 Å². The van der Waals surface area contributed by atoms with Gasteiger partial charge in [0.15, 0.2) is 0 Å². The van der Waals surface area contributed by atoms with Gasteiger partial charge in [-0.25, -0.2) is 4.98 Å². The quantitative estimate of drug-likeness (QED) is 0.690. The molecule has 1 N–H and O–H groups in total. The summed E-state index contributed by atoms with van der Waals surface area (Å²) >= 11 is 0. The number of aryl methyl sites for hydroxylation is 2. The van der Waals surface area contributed by atoms with Crippen LogP contribution in [-0.4, -0.2) is 34.5 Å². The Morgan fingerprint density at radius 2 is 2.20 bits per heavy atom. The summed E-state index contributed by atoms with van der Waals surface area (Å²) in [6, 6.07) is 1.50. The summed E-state index contributed by atoms with van der Waals surface area (Å²) in [5.74, 6) is 0.688. The summed E-state index contributed by atoms with van der Waals surface area (Å²) < 4.78 is 6.65. The van der Waals surface area contributed by atoms with E-state index in [0.29, 0.717) is 25.6 Å². The maximum Gasteiger partial charge on any atom is 0.253 e. The number of rotatable bonds is 5. The molecule has 1 aromatic heterocycles. The molecule has 0 saturated carbocycles. The summed E-state index contributed by atoms with van der Waals surface area (Å²) in [5, 5.41) is 8.50. The third-order valence-electron chi connectivity index (χ3n) is 2.02. The Kier molecular flexibility index (Phi) is 4.45. The van der Waals surface area contributed by atoms with Gasteiger partial charge in [0.25, 0.3) is 5.56 Å². The molecule has 0 aliphatic carbocycles. The van der Waals surface area contributed by atoms with E-state index in [9.17, 15) is 4.79 Å². The number of ether oxygens (including phenoxy) is 1. The van der Waals surface area contributed by atoms with Crippen molar-refractivity contribution in [3.05, 3.63) is 27.9 Å². The first kappa shape index (κ1) is 11.9. The molecule has 0 radical (unpaired) electrons. The molecule has 0 aliphatic heterocycles. The molecule has 0 aliphatic rings. The lowest BCUT2D eigenvalue weighted by molar-refractivity contribution is 0.0861. The number of aromatic nitrogens is 2. The largest absolute Gasteiger partial charge is 0.394 e. The van der Waals surface area contributed by atoms with E-state index in [1.54, 1.807) is 18.4 Å². The molecule has 0 saturated heterocycles. The summed E-state index contributed by atoms with van der Waals surface area (Å²) in [7, 11) is 0. The summed E-state index contributed by atoms with van der Waals surface area (Å²) in [5.41, 5.74) is 0.664. The van der Waals surface area contributed by atoms with Gasteiger partial charge in [-0.15, -0.1) is 0 Å². The molecular formula is C10H16N2O3. The highest BCUT2D eigenvalue weighted by atomic mass is 16.5. The number of hydrogen-bond acceptors (Lipinski definition) is 4. The van der Waals surface area contributed by atoms with Gasteiger partial charge in [-0.05, 0) is 13.8 Å². The van der Waals surface area contributed by atoms with Crippen LogP contribution in [0.2, 0.25) is 0 Å². The van der Waals surface area contributed by atoms with E-state index in [1.807, 2.05) is 0 Å². The van der Waals surface area contributed by atoms with Gasteiger partial charge in [0.1, 0.15) is 5.82 Å². The average molecular weight is 212 g/mol. The van der Waals surface area contributed by atoms with Crippen LogP contribution >= 0.6 is 0 Å². The van der Waals surface area contributed by atoms with Crippen molar-refractivity contribution in [1.29, 1.82) is 0 Å². The maximum absolute atomic E-state index is 11.5. The Balaban J connectivity index is 2.65. The third kappa shape index (κ3) is 3.45. The number of aliphatic hydroxyl groups excluding tert-OH is 1. The predicted octanol–water partition coefficient (Wildman–Crippen LogP) is -0.131. The molecule has 5 nitrogen and oxygen atoms in total. The summed E-state index contributed by atoms with van der Waals surface area (Å²) in [6.45, 7) is 4.76. The van der Waals surface area contributed by atoms with Crippen molar-refractivity contribution < 1.29 is 9.84 Å². The molecule has 0 aromatic carbocycles. The Bertz CT molecular complexity index is 373. The van der Waals surface area contributed by atoms with Crippen molar-refractivity contribution >= 4 is 0 Å². The van der Waals surface area contributed by atoms with Crippen molar-refractivity contribution in [3.63, 3.8) is 0 Å². The van der Waals surface area contributed by atoms with Crippen LogP contribution in [0.1, 0.15) is 11.5 Å². The normalized spacial score (nSPS) is 10.6. The molecule has 0 amide bonds. The molecule has 15 heavy (non-hydrogen) atoms. The fourth-order valence-corrected chi connectivity index (χ4v) is 1.36. The first-order chi connectivity index (χ1) is 7.15. The Morgan fingerprint density at radius 1 is 1.47 bits per heavy atom. The Hall–Kier alpha value is -1.20. The highest BCUT2D eigenvalue weighted by Crippen LogP contribution is 1.93. The lowest BCUT2D eigenvalue weighted by atomic mass is 10.4. The smallest absolute Gasteiger partial charge is 0.253 e. The zero-order chi connectivity index (χ0) is 11.3. The van der Waals surface area contributed by atoms with Gasteiger partial charge in [0.2, 0.25) is 0 Å². The van der Waals surface area contributed by atoms with Gasteiger partial charge in [0, 0.05) is 11.8 Å². The highest BCUT2D eigenvalue weighted by Gasteiger charge is 2.02. The van der Waals surface area contributed by atoms with Crippen LogP contribution < -0.4 is 5.56 Å². The summed E-state index contributed by atoms with van der Waals surface area (Å²) in [4.78, 5) is 15.7. The average Bonchev–Trinajstić information content (AvgIpc) is 2.15. The van der Waals surface area contributed by atoms with Gasteiger partial charge in [-0.2, -0.15) is 0 Å². The topological polar surface area (TPSA) is 64.3 Å². The van der Waals surface area contributed by atoms with E-state index >= 15 is 0 Å². The van der Waals surface area contributed by atoms with Gasteiger partial charge in [-0.1, -0.05) is 0 Å². The fourth-order valence-electron chi connectivity index (χ4n) is 1.36. The summed E-state index contributed by atoms with van der Waals surface area (Å²) in [6.07, 6.45) is 0. The lowest BCUT2D eigenvalue weighted by Gasteiger charge is -2.09. The molecule has 1 aromatic rings. The van der Waals surface area contributed by atoms with E-state index < -0.39 is 0 Å². The Labute approximate surface area is 88.3 Å². The third-order valence-corrected chi connectivity index (χ3v) is 2.02. The van der Waals surface area contributed by atoms with Crippen LogP contribution in [0.3, 0.4) is 0 Å². The molecule has 1 heterocycles. The van der Waals surface area contributed by atoms with Crippen LogP contribution in [0.4, 0.5) is 0 Å². The number of hydrogen-bond donors (Lipinski definition) is 1. The molecule has 0 fully saturated rings. The van der Waals surface area contributed by atoms with Crippen molar-refractivity contribution in [2.24, 2.45) is 0 Å². The monoisotopic (exact) mass is 212 g/mol. The molecule has 5 heteroatoms. The number of aliphatic hydroxyl groups is 1. The molecule has 0 atom stereocenters. The van der Waals surface area contributed by atoms with Gasteiger partial charge >= 0.3 is 0 Å². The van der Waals surface area contributed by atoms with Crippen molar-refractivity contribution in [3.8, 4) is 0 Å². The minimum absolute atomic E-state index is 0.0000286. The maximum atomic E-state index is 11.5. The molecule has 0 bridgehead atoms. The molecule has 84 valence electrons. The van der Waals surface area contributed by atoms with Gasteiger partial charge in [-0.3, -0.25) is 9.36 Å². The first-order valence-electron chi connectivity index (χ1n) is 4.89. The van der Waals surface area contributed by atoms with E-state index in [4.69, 9.17) is 9.84 Å². The zero-order valence-electron chi connectivity index (χ0n) is 9.06. The number of nitrogens with zero attached hydrogens (tertiary/aromatic N) is 2. The predicted molar refractivity (Wildman–Crippen MR) is 55.9 cm³/mol. The Morgan fingerprint density at radius 3 is 2.80 bits per heavy atom. The molecule has 0 unspecified atom stereocenters. The van der Waals surface area contributed by atoms with Gasteiger partial charge in [0.05, 0.1) is 26.4 Å².